The summed E-state index contributed by atoms with van der Waals surface area (Å²) < 4.78 is 1.20. The molecule has 0 aliphatic carbocycles. The van der Waals surface area contributed by atoms with E-state index in [-0.39, 0.29) is 28.9 Å². The fourth-order valence-electron chi connectivity index (χ4n) is 3.22. The number of rotatable bonds is 2. The largest absolute Gasteiger partial charge is 0.504 e. The van der Waals surface area contributed by atoms with E-state index in [1.54, 1.807) is 17.2 Å². The van der Waals surface area contributed by atoms with Crippen LogP contribution >= 0.6 is 11.3 Å². The molecule has 1 N–H and O–H groups in total. The van der Waals surface area contributed by atoms with Crippen LogP contribution in [0.3, 0.4) is 0 Å². The summed E-state index contributed by atoms with van der Waals surface area (Å²) in [6.07, 6.45) is 7.24. The zero-order valence-electron chi connectivity index (χ0n) is 13.3. The Bertz CT molecular complexity index is 983. The van der Waals surface area contributed by atoms with E-state index < -0.39 is 5.56 Å². The van der Waals surface area contributed by atoms with Gasteiger partial charge in [0.15, 0.2) is 11.4 Å². The van der Waals surface area contributed by atoms with Gasteiger partial charge in [-0.25, -0.2) is 9.97 Å². The van der Waals surface area contributed by atoms with Gasteiger partial charge in [-0.2, -0.15) is 0 Å². The summed E-state index contributed by atoms with van der Waals surface area (Å²) in [6, 6.07) is 2.89. The van der Waals surface area contributed by atoms with Gasteiger partial charge >= 0.3 is 0 Å². The molecule has 0 aromatic carbocycles. The van der Waals surface area contributed by atoms with Crippen molar-refractivity contribution in [3.63, 3.8) is 0 Å². The second kappa shape index (κ2) is 6.29. The van der Waals surface area contributed by atoms with Gasteiger partial charge in [-0.15, -0.1) is 11.3 Å². The first kappa shape index (κ1) is 15.8. The Hall–Kier alpha value is -2.74. The highest BCUT2D eigenvalue weighted by atomic mass is 32.1. The molecule has 3 aromatic rings. The van der Waals surface area contributed by atoms with Crippen LogP contribution in [0.5, 0.6) is 5.75 Å². The van der Waals surface area contributed by atoms with Crippen LogP contribution < -0.4 is 5.56 Å². The first-order valence-corrected chi connectivity index (χ1v) is 8.94. The number of thiazole rings is 1. The molecule has 4 heterocycles. The summed E-state index contributed by atoms with van der Waals surface area (Å²) >= 11 is 1.52. The number of nitrogens with zero attached hydrogens (tertiary/aromatic N) is 4. The summed E-state index contributed by atoms with van der Waals surface area (Å²) in [5.74, 6) is -0.438. The molecule has 1 amide bonds. The molecule has 7 nitrogen and oxygen atoms in total. The number of amides is 1. The second-order valence-electron chi connectivity index (χ2n) is 5.94. The van der Waals surface area contributed by atoms with Gasteiger partial charge in [0.2, 0.25) is 0 Å². The number of pyridine rings is 1. The van der Waals surface area contributed by atoms with E-state index in [0.717, 1.165) is 24.3 Å². The quantitative estimate of drug-likeness (QED) is 0.761. The highest BCUT2D eigenvalue weighted by Gasteiger charge is 2.31. The van der Waals surface area contributed by atoms with E-state index >= 15 is 0 Å². The van der Waals surface area contributed by atoms with Crippen molar-refractivity contribution in [2.45, 2.75) is 25.3 Å². The maximum Gasteiger partial charge on any atom is 0.270 e. The molecule has 0 bridgehead atoms. The SMILES string of the molecule is O=C(c1cnc2c(O)cccn2c1=O)N1CCCC[C@H]1c1nccs1. The van der Waals surface area contributed by atoms with Crippen LogP contribution in [0.4, 0.5) is 0 Å². The number of piperidine rings is 1. The lowest BCUT2D eigenvalue weighted by Crippen LogP contribution is -2.41. The Kier molecular flexibility index (Phi) is 3.96. The average Bonchev–Trinajstić information content (AvgIpc) is 3.17. The van der Waals surface area contributed by atoms with Gasteiger partial charge < -0.3 is 10.0 Å². The van der Waals surface area contributed by atoms with Gasteiger partial charge in [-0.1, -0.05) is 0 Å². The topological polar surface area (TPSA) is 87.8 Å². The molecule has 0 spiro atoms. The number of hydrogen-bond acceptors (Lipinski definition) is 6. The lowest BCUT2D eigenvalue weighted by molar-refractivity contribution is 0.0608. The molecule has 1 atom stereocenters. The van der Waals surface area contributed by atoms with Crippen molar-refractivity contribution in [2.75, 3.05) is 6.54 Å². The van der Waals surface area contributed by atoms with Gasteiger partial charge in [0, 0.05) is 30.5 Å². The Labute approximate surface area is 147 Å². The lowest BCUT2D eigenvalue weighted by atomic mass is 10.0. The zero-order chi connectivity index (χ0) is 17.4. The van der Waals surface area contributed by atoms with Gasteiger partial charge in [0.25, 0.3) is 11.5 Å². The maximum atomic E-state index is 13.0. The second-order valence-corrected chi connectivity index (χ2v) is 6.87. The number of fused-ring (bicyclic) bond motifs is 1. The van der Waals surface area contributed by atoms with Crippen LogP contribution in [-0.2, 0) is 0 Å². The van der Waals surface area contributed by atoms with Crippen molar-refractivity contribution >= 4 is 22.9 Å². The van der Waals surface area contributed by atoms with E-state index in [1.807, 2.05) is 5.38 Å². The van der Waals surface area contributed by atoms with Crippen LogP contribution in [0.25, 0.3) is 5.65 Å². The van der Waals surface area contributed by atoms with Gasteiger partial charge in [-0.3, -0.25) is 14.0 Å². The minimum absolute atomic E-state index is 0.00607. The van der Waals surface area contributed by atoms with Crippen LogP contribution in [-0.4, -0.2) is 36.8 Å². The molecule has 0 radical (unpaired) electrons. The number of carbonyl (C=O) groups excluding carboxylic acids is 1. The Morgan fingerprint density at radius 3 is 3.00 bits per heavy atom. The number of hydrogen-bond donors (Lipinski definition) is 1. The van der Waals surface area contributed by atoms with E-state index in [1.165, 1.54) is 34.2 Å². The lowest BCUT2D eigenvalue weighted by Gasteiger charge is -2.34. The Morgan fingerprint density at radius 2 is 2.20 bits per heavy atom. The molecule has 0 saturated carbocycles. The number of carbonyl (C=O) groups is 1. The summed E-state index contributed by atoms with van der Waals surface area (Å²) in [4.78, 5) is 35.9. The van der Waals surface area contributed by atoms with Crippen molar-refractivity contribution in [1.82, 2.24) is 19.3 Å². The molecular formula is C17H16N4O3S. The predicted octanol–water partition coefficient (Wildman–Crippen LogP) is 2.22. The standard InChI is InChI=1S/C17H16N4O3S/c22-13-5-3-8-21-14(13)19-10-11(17(21)24)16(23)20-7-2-1-4-12(20)15-18-6-9-25-15/h3,5-6,8-10,12,22H,1-2,4,7H2/t12-/m0/s1. The van der Waals surface area contributed by atoms with Crippen molar-refractivity contribution in [3.05, 3.63) is 57.0 Å². The molecule has 25 heavy (non-hydrogen) atoms. The van der Waals surface area contributed by atoms with E-state index in [4.69, 9.17) is 0 Å². The summed E-state index contributed by atoms with van der Waals surface area (Å²) in [7, 11) is 0. The Balaban J connectivity index is 1.76. The number of aromatic nitrogens is 3. The van der Waals surface area contributed by atoms with Crippen molar-refractivity contribution in [2.24, 2.45) is 0 Å². The molecule has 8 heteroatoms. The minimum Gasteiger partial charge on any atom is -0.504 e. The number of likely N-dealkylation sites (tertiary alicyclic amines) is 1. The number of aromatic hydroxyl groups is 1. The van der Waals surface area contributed by atoms with Crippen molar-refractivity contribution in [3.8, 4) is 5.75 Å². The zero-order valence-corrected chi connectivity index (χ0v) is 14.1. The molecule has 1 fully saturated rings. The monoisotopic (exact) mass is 356 g/mol. The fraction of sp³-hybridized carbons (Fsp3) is 0.294. The third-order valence-corrected chi connectivity index (χ3v) is 5.32. The van der Waals surface area contributed by atoms with E-state index in [9.17, 15) is 14.7 Å². The molecule has 1 saturated heterocycles. The van der Waals surface area contributed by atoms with Gasteiger partial charge in [0.1, 0.15) is 10.6 Å². The third kappa shape index (κ3) is 2.68. The van der Waals surface area contributed by atoms with Crippen molar-refractivity contribution in [1.29, 1.82) is 0 Å². The highest BCUT2D eigenvalue weighted by molar-refractivity contribution is 7.09. The van der Waals surface area contributed by atoms with Gasteiger partial charge in [-0.05, 0) is 31.4 Å². The Morgan fingerprint density at radius 1 is 1.32 bits per heavy atom. The molecule has 128 valence electrons. The molecule has 3 aromatic heterocycles. The minimum atomic E-state index is -0.477. The molecular weight excluding hydrogens is 340 g/mol. The van der Waals surface area contributed by atoms with Crippen LogP contribution in [0.1, 0.15) is 40.7 Å². The molecule has 1 aliphatic heterocycles. The molecule has 1 aliphatic rings. The first-order valence-electron chi connectivity index (χ1n) is 8.06. The van der Waals surface area contributed by atoms with Crippen LogP contribution in [0.15, 0.2) is 40.9 Å². The third-order valence-electron chi connectivity index (χ3n) is 4.44. The highest BCUT2D eigenvalue weighted by Crippen LogP contribution is 2.32. The molecule has 0 unspecified atom stereocenters. The normalized spacial score (nSPS) is 17.8. The molecule has 4 rings (SSSR count). The summed E-state index contributed by atoms with van der Waals surface area (Å²) in [5.41, 5.74) is -0.333. The van der Waals surface area contributed by atoms with Gasteiger partial charge in [0.05, 0.1) is 6.04 Å². The maximum absolute atomic E-state index is 13.0. The average molecular weight is 356 g/mol. The first-order chi connectivity index (χ1) is 12.2. The van der Waals surface area contributed by atoms with Crippen LogP contribution in [0.2, 0.25) is 0 Å². The smallest absolute Gasteiger partial charge is 0.270 e. The van der Waals surface area contributed by atoms with Crippen molar-refractivity contribution < 1.29 is 9.90 Å². The predicted molar refractivity (Wildman–Crippen MR) is 92.9 cm³/mol. The summed E-state index contributed by atoms with van der Waals surface area (Å²) in [5, 5.41) is 12.6. The summed E-state index contributed by atoms with van der Waals surface area (Å²) in [6.45, 7) is 0.589. The van der Waals surface area contributed by atoms with Crippen LogP contribution in [0, 0.1) is 0 Å². The fourth-order valence-corrected chi connectivity index (χ4v) is 4.01. The van der Waals surface area contributed by atoms with E-state index in [0.29, 0.717) is 6.54 Å². The van der Waals surface area contributed by atoms with E-state index in [2.05, 4.69) is 9.97 Å².